The molecule has 2 unspecified atom stereocenters. The second kappa shape index (κ2) is 10.2. The Morgan fingerprint density at radius 1 is 1.10 bits per heavy atom. The van der Waals surface area contributed by atoms with Crippen LogP contribution in [0.5, 0.6) is 0 Å². The molecule has 2 aliphatic carbocycles. The van der Waals surface area contributed by atoms with Crippen molar-refractivity contribution in [3.05, 3.63) is 93.1 Å². The zero-order valence-corrected chi connectivity index (χ0v) is 23.5. The van der Waals surface area contributed by atoms with Gasteiger partial charge in [-0.2, -0.15) is 0 Å². The van der Waals surface area contributed by atoms with E-state index in [0.29, 0.717) is 29.8 Å². The largest absolute Gasteiger partial charge is 0.374 e. The average molecular weight is 560 g/mol. The topological polar surface area (TPSA) is 78.4 Å². The molecule has 7 nitrogen and oxygen atoms in total. The smallest absolute Gasteiger partial charge is 0.260 e. The highest BCUT2D eigenvalue weighted by Gasteiger charge is 2.37. The van der Waals surface area contributed by atoms with E-state index < -0.39 is 10.0 Å². The summed E-state index contributed by atoms with van der Waals surface area (Å²) < 4.78 is 29.1. The zero-order chi connectivity index (χ0) is 26.4. The van der Waals surface area contributed by atoms with E-state index in [-0.39, 0.29) is 6.04 Å². The molecule has 7 rings (SSSR count). The Bertz CT molecular complexity index is 1530. The van der Waals surface area contributed by atoms with Crippen LogP contribution in [0.15, 0.2) is 71.9 Å². The first-order valence-corrected chi connectivity index (χ1v) is 16.2. The minimum atomic E-state index is -3.58. The van der Waals surface area contributed by atoms with E-state index in [2.05, 4.69) is 33.4 Å². The van der Waals surface area contributed by atoms with Crippen LogP contribution < -0.4 is 9.62 Å². The van der Waals surface area contributed by atoms with Gasteiger partial charge < -0.3 is 5.32 Å². The summed E-state index contributed by atoms with van der Waals surface area (Å²) in [6.07, 6.45) is 15.2. The van der Waals surface area contributed by atoms with Crippen molar-refractivity contribution in [3.8, 4) is 0 Å². The molecule has 9 heteroatoms. The van der Waals surface area contributed by atoms with Crippen molar-refractivity contribution in [3.63, 3.8) is 0 Å². The van der Waals surface area contributed by atoms with E-state index >= 15 is 0 Å². The fourth-order valence-corrected chi connectivity index (χ4v) is 8.68. The van der Waals surface area contributed by atoms with Gasteiger partial charge in [-0.25, -0.2) is 13.4 Å². The van der Waals surface area contributed by atoms with E-state index in [1.807, 2.05) is 42.7 Å². The van der Waals surface area contributed by atoms with Crippen LogP contribution in [0.4, 0.5) is 11.4 Å². The molecule has 2 aromatic heterocycles. The second-order valence-corrected chi connectivity index (χ2v) is 14.1. The monoisotopic (exact) mass is 559 g/mol. The molecule has 1 N–H and O–H groups in total. The molecule has 0 bridgehead atoms. The van der Waals surface area contributed by atoms with Crippen molar-refractivity contribution in [2.24, 2.45) is 5.92 Å². The van der Waals surface area contributed by atoms with E-state index in [0.717, 1.165) is 66.4 Å². The van der Waals surface area contributed by atoms with Gasteiger partial charge in [-0.05, 0) is 68.0 Å². The van der Waals surface area contributed by atoms with E-state index in [1.165, 1.54) is 11.3 Å². The third-order valence-electron chi connectivity index (χ3n) is 8.24. The Labute approximate surface area is 234 Å². The van der Waals surface area contributed by atoms with Gasteiger partial charge in [0.25, 0.3) is 10.0 Å². The number of para-hydroxylation sites is 1. The fourth-order valence-electron chi connectivity index (χ4n) is 6.03. The number of nitrogens with zero attached hydrogens (tertiary/aromatic N) is 4. The number of hydrogen-bond donors (Lipinski definition) is 1. The lowest BCUT2D eigenvalue weighted by molar-refractivity contribution is 0.246. The van der Waals surface area contributed by atoms with Crippen LogP contribution in [0.3, 0.4) is 0 Å². The molecule has 2 aliphatic heterocycles. The molecule has 3 aromatic rings. The molecule has 4 aliphatic rings. The zero-order valence-electron chi connectivity index (χ0n) is 21.9. The van der Waals surface area contributed by atoms with Crippen molar-refractivity contribution in [1.82, 2.24) is 14.9 Å². The number of hydrogen-bond acceptors (Lipinski definition) is 7. The number of sulfonamides is 1. The number of allylic oxidation sites excluding steroid dienone is 4. The molecule has 2 atom stereocenters. The summed E-state index contributed by atoms with van der Waals surface area (Å²) in [5.74, 6) is 0.435. The first-order valence-electron chi connectivity index (χ1n) is 13.9. The van der Waals surface area contributed by atoms with Gasteiger partial charge in [-0.3, -0.25) is 14.2 Å². The van der Waals surface area contributed by atoms with Crippen LogP contribution in [-0.4, -0.2) is 36.4 Å². The Balaban J connectivity index is 1.11. The van der Waals surface area contributed by atoms with Crippen molar-refractivity contribution in [1.29, 1.82) is 0 Å². The second-order valence-electron chi connectivity index (χ2n) is 11.0. The van der Waals surface area contributed by atoms with Crippen LogP contribution in [0, 0.1) is 5.92 Å². The van der Waals surface area contributed by atoms with E-state index in [4.69, 9.17) is 4.98 Å². The summed E-state index contributed by atoms with van der Waals surface area (Å²) >= 11 is 1.76. The number of likely N-dealkylation sites (tertiary alicyclic amines) is 1. The predicted octanol–water partition coefficient (Wildman–Crippen LogP) is 5.97. The van der Waals surface area contributed by atoms with Gasteiger partial charge in [0.05, 0.1) is 34.1 Å². The summed E-state index contributed by atoms with van der Waals surface area (Å²) in [6, 6.07) is 12.6. The van der Waals surface area contributed by atoms with Gasteiger partial charge in [-0.15, -0.1) is 11.3 Å². The van der Waals surface area contributed by atoms with Crippen molar-refractivity contribution in [2.75, 3.05) is 22.7 Å². The predicted molar refractivity (Wildman–Crippen MR) is 156 cm³/mol. The number of pyridine rings is 1. The highest BCUT2D eigenvalue weighted by atomic mass is 32.2. The molecular formula is C30H33N5O2S2. The number of anilines is 2. The van der Waals surface area contributed by atoms with Gasteiger partial charge in [0, 0.05) is 43.2 Å². The van der Waals surface area contributed by atoms with Crippen LogP contribution >= 0.6 is 11.3 Å². The van der Waals surface area contributed by atoms with Crippen LogP contribution in [0.25, 0.3) is 0 Å². The summed E-state index contributed by atoms with van der Waals surface area (Å²) in [4.78, 5) is 13.7. The van der Waals surface area contributed by atoms with Gasteiger partial charge in [0.2, 0.25) is 0 Å². The van der Waals surface area contributed by atoms with Gasteiger partial charge >= 0.3 is 0 Å². The SMILES string of the molecule is O=S(=O)(C1=CC=CC1)N(CC1CC1)c1cccc2c1NC(c1ncc(CN3CCCC3c3ccccn3)s1)C2. The van der Waals surface area contributed by atoms with E-state index in [1.54, 1.807) is 21.7 Å². The summed E-state index contributed by atoms with van der Waals surface area (Å²) in [6.45, 7) is 2.49. The molecule has 0 amide bonds. The maximum absolute atomic E-state index is 13.7. The lowest BCUT2D eigenvalue weighted by Gasteiger charge is -2.27. The van der Waals surface area contributed by atoms with Crippen molar-refractivity contribution in [2.45, 2.75) is 57.2 Å². The Morgan fingerprint density at radius 2 is 2.03 bits per heavy atom. The van der Waals surface area contributed by atoms with Gasteiger partial charge in [0.15, 0.2) is 0 Å². The van der Waals surface area contributed by atoms with Gasteiger partial charge in [0.1, 0.15) is 5.01 Å². The Hall–Kier alpha value is -3.01. The molecule has 2 fully saturated rings. The highest BCUT2D eigenvalue weighted by Crippen LogP contribution is 2.45. The number of benzene rings is 1. The lowest BCUT2D eigenvalue weighted by atomic mass is 10.1. The molecule has 1 aromatic carbocycles. The first-order chi connectivity index (χ1) is 19.1. The molecule has 39 heavy (non-hydrogen) atoms. The lowest BCUT2D eigenvalue weighted by Crippen LogP contribution is -2.34. The van der Waals surface area contributed by atoms with Crippen molar-refractivity contribution < 1.29 is 8.42 Å². The van der Waals surface area contributed by atoms with Crippen LogP contribution in [-0.2, 0) is 23.0 Å². The minimum absolute atomic E-state index is 0.0444. The number of fused-ring (bicyclic) bond motifs is 1. The number of rotatable bonds is 9. The number of thiazole rings is 1. The molecule has 1 saturated carbocycles. The molecule has 202 valence electrons. The third-order valence-corrected chi connectivity index (χ3v) is 11.2. The maximum atomic E-state index is 13.7. The van der Waals surface area contributed by atoms with Crippen LogP contribution in [0.2, 0.25) is 0 Å². The summed E-state index contributed by atoms with van der Waals surface area (Å²) in [5, 5.41) is 4.74. The van der Waals surface area contributed by atoms with Crippen LogP contribution in [0.1, 0.15) is 65.3 Å². The molecule has 1 saturated heterocycles. The quantitative estimate of drug-likeness (QED) is 0.348. The van der Waals surface area contributed by atoms with E-state index in [9.17, 15) is 8.42 Å². The molecule has 0 spiro atoms. The summed E-state index contributed by atoms with van der Waals surface area (Å²) in [7, 11) is -3.58. The van der Waals surface area contributed by atoms with Gasteiger partial charge in [-0.1, -0.05) is 30.4 Å². The Morgan fingerprint density at radius 3 is 2.82 bits per heavy atom. The molecule has 0 radical (unpaired) electrons. The molecule has 4 heterocycles. The minimum Gasteiger partial charge on any atom is -0.374 e. The number of nitrogens with one attached hydrogen (secondary N) is 1. The third kappa shape index (κ3) is 4.92. The fraction of sp³-hybridized carbons (Fsp3) is 0.400. The summed E-state index contributed by atoms with van der Waals surface area (Å²) in [5.41, 5.74) is 4.00. The van der Waals surface area contributed by atoms with Crippen molar-refractivity contribution >= 4 is 32.7 Å². The normalized spacial score (nSPS) is 22.6. The first kappa shape index (κ1) is 25.0. The highest BCUT2D eigenvalue weighted by molar-refractivity contribution is 7.96. The number of aromatic nitrogens is 2. The Kier molecular flexibility index (Phi) is 6.53. The standard InChI is InChI=1S/C30H33N5O2S2/c36-39(37,24-8-1-2-9-24)35(19-21-13-14-21)28-11-5-7-22-17-26(33-29(22)28)30-32-18-23(38-30)20-34-16-6-12-27(34)25-10-3-4-15-31-25/h1-5,7-8,10-11,15,18,21,26-27,33H,6,9,12-14,16-17,19-20H2. The maximum Gasteiger partial charge on any atom is 0.260 e. The molecular weight excluding hydrogens is 526 g/mol. The average Bonchev–Trinajstić information content (AvgIpc) is 3.45.